The van der Waals surface area contributed by atoms with Crippen LogP contribution in [0.4, 0.5) is 9.59 Å². The number of piperazine rings is 1. The SMILES string of the molecule is C[C@@H]1CN[C@@H](CN2CCOC2=O)CN1C(=O)OC(C)(C)C. The van der Waals surface area contributed by atoms with Gasteiger partial charge in [-0.1, -0.05) is 0 Å². The Morgan fingerprint density at radius 1 is 1.48 bits per heavy atom. The Morgan fingerprint density at radius 3 is 2.76 bits per heavy atom. The Balaban J connectivity index is 1.92. The zero-order valence-electron chi connectivity index (χ0n) is 13.2. The molecule has 0 aromatic carbocycles. The molecule has 0 radical (unpaired) electrons. The van der Waals surface area contributed by atoms with Gasteiger partial charge in [-0.25, -0.2) is 9.59 Å². The van der Waals surface area contributed by atoms with E-state index in [0.29, 0.717) is 32.8 Å². The van der Waals surface area contributed by atoms with Crippen LogP contribution in [0.1, 0.15) is 27.7 Å². The van der Waals surface area contributed by atoms with Crippen molar-refractivity contribution >= 4 is 12.2 Å². The molecule has 0 unspecified atom stereocenters. The van der Waals surface area contributed by atoms with Gasteiger partial charge in [0.25, 0.3) is 0 Å². The summed E-state index contributed by atoms with van der Waals surface area (Å²) in [4.78, 5) is 27.1. The van der Waals surface area contributed by atoms with Gasteiger partial charge in [0, 0.05) is 31.7 Å². The van der Waals surface area contributed by atoms with Crippen LogP contribution < -0.4 is 5.32 Å². The minimum atomic E-state index is -0.504. The van der Waals surface area contributed by atoms with Crippen molar-refractivity contribution < 1.29 is 19.1 Å². The first-order chi connectivity index (χ1) is 9.76. The molecule has 2 heterocycles. The van der Waals surface area contributed by atoms with Crippen molar-refractivity contribution in [3.63, 3.8) is 0 Å². The molecule has 1 N–H and O–H groups in total. The summed E-state index contributed by atoms with van der Waals surface area (Å²) >= 11 is 0. The highest BCUT2D eigenvalue weighted by atomic mass is 16.6. The number of cyclic esters (lactones) is 1. The second-order valence-corrected chi connectivity index (χ2v) is 6.65. The van der Waals surface area contributed by atoms with Gasteiger partial charge in [-0.05, 0) is 27.7 Å². The standard InChI is InChI=1S/C14H25N3O4/c1-10-7-15-11(8-16-5-6-20-12(16)18)9-17(10)13(19)21-14(2,3)4/h10-11,15H,5-9H2,1-4H3/t10-,11+/m1/s1. The van der Waals surface area contributed by atoms with Crippen molar-refractivity contribution in [3.05, 3.63) is 0 Å². The number of nitrogens with one attached hydrogen (secondary N) is 1. The van der Waals surface area contributed by atoms with Gasteiger partial charge < -0.3 is 24.6 Å². The van der Waals surface area contributed by atoms with Crippen LogP contribution in [0.15, 0.2) is 0 Å². The fourth-order valence-corrected chi connectivity index (χ4v) is 2.48. The Morgan fingerprint density at radius 2 is 2.19 bits per heavy atom. The van der Waals surface area contributed by atoms with Crippen LogP contribution in [0.25, 0.3) is 0 Å². The van der Waals surface area contributed by atoms with E-state index in [1.54, 1.807) is 9.80 Å². The van der Waals surface area contributed by atoms with Gasteiger partial charge in [0.1, 0.15) is 12.2 Å². The lowest BCUT2D eigenvalue weighted by Gasteiger charge is -2.40. The smallest absolute Gasteiger partial charge is 0.410 e. The Kier molecular flexibility index (Phi) is 4.61. The Labute approximate surface area is 125 Å². The molecule has 2 rings (SSSR count). The molecular weight excluding hydrogens is 274 g/mol. The third-order valence-corrected chi connectivity index (χ3v) is 3.56. The summed E-state index contributed by atoms with van der Waals surface area (Å²) in [6, 6.07) is 0.112. The number of hydrogen-bond donors (Lipinski definition) is 1. The molecule has 7 nitrogen and oxygen atoms in total. The maximum atomic E-state index is 12.2. The maximum Gasteiger partial charge on any atom is 0.410 e. The van der Waals surface area contributed by atoms with E-state index in [-0.39, 0.29) is 24.3 Å². The summed E-state index contributed by atoms with van der Waals surface area (Å²) in [5.41, 5.74) is -0.504. The first-order valence-corrected chi connectivity index (χ1v) is 7.41. The van der Waals surface area contributed by atoms with Gasteiger partial charge in [-0.15, -0.1) is 0 Å². The fourth-order valence-electron chi connectivity index (χ4n) is 2.48. The number of hydrogen-bond acceptors (Lipinski definition) is 5. The van der Waals surface area contributed by atoms with E-state index in [1.165, 1.54) is 0 Å². The average Bonchev–Trinajstić information content (AvgIpc) is 2.75. The van der Waals surface area contributed by atoms with E-state index < -0.39 is 5.60 Å². The van der Waals surface area contributed by atoms with Gasteiger partial charge >= 0.3 is 12.2 Å². The van der Waals surface area contributed by atoms with Crippen LogP contribution in [0.5, 0.6) is 0 Å². The monoisotopic (exact) mass is 299 g/mol. The molecule has 2 aliphatic rings. The minimum Gasteiger partial charge on any atom is -0.448 e. The van der Waals surface area contributed by atoms with Crippen molar-refractivity contribution in [1.29, 1.82) is 0 Å². The Hall–Kier alpha value is -1.50. The van der Waals surface area contributed by atoms with Crippen LogP contribution in [-0.2, 0) is 9.47 Å². The zero-order chi connectivity index (χ0) is 15.6. The van der Waals surface area contributed by atoms with Crippen LogP contribution in [0.3, 0.4) is 0 Å². The minimum absolute atomic E-state index is 0.0411. The summed E-state index contributed by atoms with van der Waals surface area (Å²) in [7, 11) is 0. The van der Waals surface area contributed by atoms with Crippen LogP contribution >= 0.6 is 0 Å². The van der Waals surface area contributed by atoms with Crippen molar-refractivity contribution in [2.24, 2.45) is 0 Å². The maximum absolute atomic E-state index is 12.2. The number of nitrogens with zero attached hydrogens (tertiary/aromatic N) is 2. The van der Waals surface area contributed by atoms with Crippen molar-refractivity contribution in [3.8, 4) is 0 Å². The molecular formula is C14H25N3O4. The van der Waals surface area contributed by atoms with E-state index in [4.69, 9.17) is 9.47 Å². The van der Waals surface area contributed by atoms with Crippen LogP contribution in [-0.4, -0.2) is 72.5 Å². The van der Waals surface area contributed by atoms with Crippen molar-refractivity contribution in [2.45, 2.75) is 45.4 Å². The molecule has 21 heavy (non-hydrogen) atoms. The van der Waals surface area contributed by atoms with E-state index in [9.17, 15) is 9.59 Å². The van der Waals surface area contributed by atoms with Gasteiger partial charge in [-0.2, -0.15) is 0 Å². The zero-order valence-corrected chi connectivity index (χ0v) is 13.2. The molecule has 2 saturated heterocycles. The van der Waals surface area contributed by atoms with Crippen molar-refractivity contribution in [1.82, 2.24) is 15.1 Å². The molecule has 2 aliphatic heterocycles. The van der Waals surface area contributed by atoms with Crippen LogP contribution in [0, 0.1) is 0 Å². The van der Waals surface area contributed by atoms with E-state index >= 15 is 0 Å². The highest BCUT2D eigenvalue weighted by Crippen LogP contribution is 2.15. The van der Waals surface area contributed by atoms with Crippen LogP contribution in [0.2, 0.25) is 0 Å². The summed E-state index contributed by atoms with van der Waals surface area (Å²) in [6.45, 7) is 10.4. The highest BCUT2D eigenvalue weighted by Gasteiger charge is 2.34. The first kappa shape index (κ1) is 15.9. The lowest BCUT2D eigenvalue weighted by molar-refractivity contribution is 0.00869. The molecule has 0 spiro atoms. The predicted molar refractivity (Wildman–Crippen MR) is 77.1 cm³/mol. The fraction of sp³-hybridized carbons (Fsp3) is 0.857. The second kappa shape index (κ2) is 6.09. The number of ether oxygens (including phenoxy) is 2. The highest BCUT2D eigenvalue weighted by molar-refractivity contribution is 5.70. The lowest BCUT2D eigenvalue weighted by Crippen LogP contribution is -2.60. The molecule has 7 heteroatoms. The number of amides is 2. The number of rotatable bonds is 2. The first-order valence-electron chi connectivity index (χ1n) is 7.41. The summed E-state index contributed by atoms with van der Waals surface area (Å²) in [6.07, 6.45) is -0.579. The topological polar surface area (TPSA) is 71.1 Å². The molecule has 2 fully saturated rings. The molecule has 120 valence electrons. The van der Waals surface area contributed by atoms with E-state index in [0.717, 1.165) is 0 Å². The third-order valence-electron chi connectivity index (χ3n) is 3.56. The normalized spacial score (nSPS) is 26.8. The summed E-state index contributed by atoms with van der Waals surface area (Å²) < 4.78 is 10.4. The largest absolute Gasteiger partial charge is 0.448 e. The number of carbonyl (C=O) groups is 2. The molecule has 2 amide bonds. The molecule has 2 atom stereocenters. The lowest BCUT2D eigenvalue weighted by atomic mass is 10.1. The quantitative estimate of drug-likeness (QED) is 0.825. The Bertz CT molecular complexity index is 408. The summed E-state index contributed by atoms with van der Waals surface area (Å²) in [5, 5.41) is 3.37. The van der Waals surface area contributed by atoms with E-state index in [2.05, 4.69) is 5.32 Å². The summed E-state index contributed by atoms with van der Waals surface area (Å²) in [5.74, 6) is 0. The molecule has 0 aliphatic carbocycles. The van der Waals surface area contributed by atoms with E-state index in [1.807, 2.05) is 27.7 Å². The molecule has 0 aromatic heterocycles. The molecule has 0 aromatic rings. The third kappa shape index (κ3) is 4.23. The molecule has 0 bridgehead atoms. The molecule has 0 saturated carbocycles. The van der Waals surface area contributed by atoms with Gasteiger partial charge in [0.2, 0.25) is 0 Å². The van der Waals surface area contributed by atoms with Crippen molar-refractivity contribution in [2.75, 3.05) is 32.8 Å². The van der Waals surface area contributed by atoms with Gasteiger partial charge in [0.15, 0.2) is 0 Å². The second-order valence-electron chi connectivity index (χ2n) is 6.65. The predicted octanol–water partition coefficient (Wildman–Crippen LogP) is 1.04. The van der Waals surface area contributed by atoms with Gasteiger partial charge in [0.05, 0.1) is 6.54 Å². The number of carbonyl (C=O) groups excluding carboxylic acids is 2. The van der Waals surface area contributed by atoms with Gasteiger partial charge in [-0.3, -0.25) is 0 Å². The average molecular weight is 299 g/mol.